The largest absolute Gasteiger partial charge is 0.434 e. The van der Waals surface area contributed by atoms with E-state index in [1.54, 1.807) is 11.8 Å². The Bertz CT molecular complexity index is 574. The van der Waals surface area contributed by atoms with Gasteiger partial charge in [0, 0.05) is 4.90 Å². The van der Waals surface area contributed by atoms with Crippen molar-refractivity contribution in [1.82, 2.24) is 0 Å². The molecule has 0 aromatic heterocycles. The molecule has 0 bridgehead atoms. The van der Waals surface area contributed by atoms with E-state index in [0.29, 0.717) is 17.8 Å². The predicted molar refractivity (Wildman–Crippen MR) is 101 cm³/mol. The average molecular weight is 363 g/mol. The molecule has 6 atom stereocenters. The predicted octanol–water partition coefficient (Wildman–Crippen LogP) is 5.14. The number of carbonyl (C=O) groups excluding carboxylic acids is 1. The minimum atomic E-state index is -0.441. The molecule has 25 heavy (non-hydrogen) atoms. The monoisotopic (exact) mass is 362 g/mol. The van der Waals surface area contributed by atoms with Crippen LogP contribution < -0.4 is 0 Å². The summed E-state index contributed by atoms with van der Waals surface area (Å²) in [7, 11) is 0. The lowest BCUT2D eigenvalue weighted by molar-refractivity contribution is -0.185. The van der Waals surface area contributed by atoms with E-state index in [1.807, 2.05) is 25.1 Å². The van der Waals surface area contributed by atoms with Crippen molar-refractivity contribution >= 4 is 17.7 Å². The van der Waals surface area contributed by atoms with Gasteiger partial charge >= 0.3 is 5.97 Å². The van der Waals surface area contributed by atoms with E-state index in [4.69, 9.17) is 9.47 Å². The number of cyclic esters (lactones) is 1. The summed E-state index contributed by atoms with van der Waals surface area (Å²) in [5.41, 5.74) is 0. The zero-order valence-corrected chi connectivity index (χ0v) is 16.5. The highest BCUT2D eigenvalue weighted by molar-refractivity contribution is 8.00. The van der Waals surface area contributed by atoms with Gasteiger partial charge in [0.1, 0.15) is 0 Å². The third kappa shape index (κ3) is 4.40. The van der Waals surface area contributed by atoms with Crippen molar-refractivity contribution in [3.63, 3.8) is 0 Å². The van der Waals surface area contributed by atoms with Crippen molar-refractivity contribution in [2.75, 3.05) is 0 Å². The SMILES string of the molecule is CC1CCC(C(C)C)C(OC2OC(=O)C(C)C2Sc2ccccc2)C1. The maximum absolute atomic E-state index is 12.2. The van der Waals surface area contributed by atoms with Crippen LogP contribution in [0.25, 0.3) is 0 Å². The van der Waals surface area contributed by atoms with Gasteiger partial charge in [0.05, 0.1) is 17.3 Å². The van der Waals surface area contributed by atoms with E-state index in [1.165, 1.54) is 12.8 Å². The van der Waals surface area contributed by atoms with E-state index in [0.717, 1.165) is 11.3 Å². The first-order chi connectivity index (χ1) is 12.0. The molecule has 3 rings (SSSR count). The van der Waals surface area contributed by atoms with Crippen molar-refractivity contribution < 1.29 is 14.3 Å². The molecular weight excluding hydrogens is 332 g/mol. The molecule has 1 aliphatic heterocycles. The van der Waals surface area contributed by atoms with E-state index >= 15 is 0 Å². The third-order valence-corrected chi connectivity index (χ3v) is 7.10. The maximum Gasteiger partial charge on any atom is 0.312 e. The van der Waals surface area contributed by atoms with Crippen LogP contribution in [0.15, 0.2) is 35.2 Å². The second kappa shape index (κ2) is 8.13. The molecular formula is C21H30O3S. The highest BCUT2D eigenvalue weighted by Gasteiger charge is 2.46. The first-order valence-electron chi connectivity index (χ1n) is 9.53. The van der Waals surface area contributed by atoms with Crippen molar-refractivity contribution in [2.24, 2.45) is 23.7 Å². The number of hydrogen-bond acceptors (Lipinski definition) is 4. The molecule has 0 spiro atoms. The van der Waals surface area contributed by atoms with Crippen molar-refractivity contribution in [2.45, 2.75) is 69.5 Å². The number of ether oxygens (including phenoxy) is 2. The standard InChI is InChI=1S/C21H30O3S/c1-13(2)17-11-10-14(3)12-18(17)23-21-19(15(4)20(22)24-21)25-16-8-6-5-7-9-16/h5-9,13-15,17-19,21H,10-12H2,1-4H3. The van der Waals surface area contributed by atoms with Crippen molar-refractivity contribution in [1.29, 1.82) is 0 Å². The Hall–Kier alpha value is -1.00. The molecule has 0 N–H and O–H groups in total. The van der Waals surface area contributed by atoms with Gasteiger partial charge in [0.25, 0.3) is 0 Å². The molecule has 1 aliphatic carbocycles. The van der Waals surface area contributed by atoms with E-state index in [-0.39, 0.29) is 23.2 Å². The zero-order valence-electron chi connectivity index (χ0n) is 15.7. The molecule has 1 saturated carbocycles. The summed E-state index contributed by atoms with van der Waals surface area (Å²) in [5, 5.41) is 0.0138. The summed E-state index contributed by atoms with van der Waals surface area (Å²) < 4.78 is 12.1. The number of esters is 1. The summed E-state index contributed by atoms with van der Waals surface area (Å²) in [6.07, 6.45) is 3.28. The molecule has 1 heterocycles. The smallest absolute Gasteiger partial charge is 0.312 e. The van der Waals surface area contributed by atoms with Gasteiger partial charge in [-0.25, -0.2) is 0 Å². The lowest BCUT2D eigenvalue weighted by atomic mass is 9.75. The quantitative estimate of drug-likeness (QED) is 0.679. The molecule has 138 valence electrons. The number of thioether (sulfide) groups is 1. The van der Waals surface area contributed by atoms with Crippen LogP contribution in [0.4, 0.5) is 0 Å². The minimum absolute atomic E-state index is 0.0138. The molecule has 6 unspecified atom stereocenters. The van der Waals surface area contributed by atoms with Gasteiger partial charge in [-0.05, 0) is 42.7 Å². The van der Waals surface area contributed by atoms with Gasteiger partial charge in [0.2, 0.25) is 6.29 Å². The summed E-state index contributed by atoms with van der Waals surface area (Å²) in [6, 6.07) is 10.2. The van der Waals surface area contributed by atoms with Crippen LogP contribution >= 0.6 is 11.8 Å². The molecule has 2 aliphatic rings. The van der Waals surface area contributed by atoms with Crippen molar-refractivity contribution in [3.8, 4) is 0 Å². The molecule has 1 aromatic rings. The van der Waals surface area contributed by atoms with Crippen LogP contribution in [-0.4, -0.2) is 23.6 Å². The summed E-state index contributed by atoms with van der Waals surface area (Å²) in [5.74, 6) is 1.53. The second-order valence-electron chi connectivity index (χ2n) is 7.99. The van der Waals surface area contributed by atoms with Gasteiger partial charge in [-0.2, -0.15) is 0 Å². The molecule has 1 aromatic carbocycles. The van der Waals surface area contributed by atoms with Crippen LogP contribution in [-0.2, 0) is 14.3 Å². The highest BCUT2D eigenvalue weighted by atomic mass is 32.2. The Morgan fingerprint density at radius 3 is 2.56 bits per heavy atom. The highest BCUT2D eigenvalue weighted by Crippen LogP contribution is 2.41. The van der Waals surface area contributed by atoms with E-state index in [9.17, 15) is 4.79 Å². The number of rotatable bonds is 5. The molecule has 2 fully saturated rings. The molecule has 4 heteroatoms. The van der Waals surface area contributed by atoms with E-state index < -0.39 is 6.29 Å². The van der Waals surface area contributed by atoms with Gasteiger partial charge in [0.15, 0.2) is 0 Å². The van der Waals surface area contributed by atoms with Crippen LogP contribution in [0.2, 0.25) is 0 Å². The minimum Gasteiger partial charge on any atom is -0.434 e. The lowest BCUT2D eigenvalue weighted by Crippen LogP contribution is -2.39. The summed E-state index contributed by atoms with van der Waals surface area (Å²) in [4.78, 5) is 13.3. The Morgan fingerprint density at radius 2 is 1.88 bits per heavy atom. The number of carbonyl (C=O) groups is 1. The van der Waals surface area contributed by atoms with Gasteiger partial charge < -0.3 is 9.47 Å². The average Bonchev–Trinajstić information content (AvgIpc) is 2.83. The first-order valence-corrected chi connectivity index (χ1v) is 10.4. The molecule has 0 radical (unpaired) electrons. The Kier molecular flexibility index (Phi) is 6.11. The Balaban J connectivity index is 1.73. The topological polar surface area (TPSA) is 35.5 Å². The van der Waals surface area contributed by atoms with Crippen LogP contribution in [0, 0.1) is 23.7 Å². The summed E-state index contributed by atoms with van der Waals surface area (Å²) >= 11 is 1.70. The molecule has 3 nitrogen and oxygen atoms in total. The van der Waals surface area contributed by atoms with Gasteiger partial charge in [-0.15, -0.1) is 11.8 Å². The van der Waals surface area contributed by atoms with Gasteiger partial charge in [-0.3, -0.25) is 4.79 Å². The molecule has 1 saturated heterocycles. The molecule has 0 amide bonds. The van der Waals surface area contributed by atoms with Crippen molar-refractivity contribution in [3.05, 3.63) is 30.3 Å². The number of benzene rings is 1. The first kappa shape index (κ1) is 18.8. The lowest BCUT2D eigenvalue weighted by Gasteiger charge is -2.38. The fraction of sp³-hybridized carbons (Fsp3) is 0.667. The Labute approximate surface area is 155 Å². The fourth-order valence-corrected chi connectivity index (χ4v) is 5.20. The van der Waals surface area contributed by atoms with E-state index in [2.05, 4.69) is 32.9 Å². The maximum atomic E-state index is 12.2. The summed E-state index contributed by atoms with van der Waals surface area (Å²) in [6.45, 7) is 8.80. The number of hydrogen-bond donors (Lipinski definition) is 0. The second-order valence-corrected chi connectivity index (χ2v) is 9.24. The Morgan fingerprint density at radius 1 is 1.16 bits per heavy atom. The van der Waals surface area contributed by atoms with Crippen LogP contribution in [0.5, 0.6) is 0 Å². The fourth-order valence-electron chi connectivity index (χ4n) is 4.02. The zero-order chi connectivity index (χ0) is 18.0. The van der Waals surface area contributed by atoms with Gasteiger partial charge in [-0.1, -0.05) is 52.3 Å². The normalized spacial score (nSPS) is 35.8. The van der Waals surface area contributed by atoms with Crippen LogP contribution in [0.1, 0.15) is 47.0 Å². The third-order valence-electron chi connectivity index (χ3n) is 5.65. The van der Waals surface area contributed by atoms with Crippen LogP contribution in [0.3, 0.4) is 0 Å².